The molecular weight excluding hydrogens is 519 g/mol. The van der Waals surface area contributed by atoms with Crippen molar-refractivity contribution in [3.63, 3.8) is 0 Å². The van der Waals surface area contributed by atoms with E-state index in [4.69, 9.17) is 44.2 Å². The Morgan fingerprint density at radius 1 is 0.944 bits per heavy atom. The molecule has 4 aromatic rings. The minimum Gasteiger partial charge on any atom is -0.432 e. The summed E-state index contributed by atoms with van der Waals surface area (Å²) in [6.45, 7) is 7.31. The second-order valence-electron chi connectivity index (χ2n) is 9.55. The Labute approximate surface area is 224 Å². The minimum atomic E-state index is -0.737. The summed E-state index contributed by atoms with van der Waals surface area (Å²) in [4.78, 5) is 30.7. The quantitative estimate of drug-likeness (QED) is 0.246. The van der Waals surface area contributed by atoms with E-state index >= 15 is 0 Å². The number of amides is 1. The summed E-state index contributed by atoms with van der Waals surface area (Å²) in [5.74, 6) is -0.386. The van der Waals surface area contributed by atoms with Gasteiger partial charge in [-0.05, 0) is 48.4 Å². The molecule has 0 saturated heterocycles. The summed E-state index contributed by atoms with van der Waals surface area (Å²) >= 11 is 18.8. The van der Waals surface area contributed by atoms with Crippen LogP contribution in [-0.4, -0.2) is 16.7 Å². The molecule has 0 saturated carbocycles. The van der Waals surface area contributed by atoms with Crippen LogP contribution in [0.25, 0.3) is 33.5 Å². The number of Topliss-reactive ketones (excluding diaryl/α,β-unsaturated/α-hetero) is 1. The van der Waals surface area contributed by atoms with Gasteiger partial charge in [-0.1, -0.05) is 74.6 Å². The molecule has 0 aliphatic carbocycles. The van der Waals surface area contributed by atoms with Crippen molar-refractivity contribution in [2.75, 3.05) is 5.32 Å². The number of carbonyl (C=O) groups excluding carboxylic acids is 2. The van der Waals surface area contributed by atoms with Crippen LogP contribution < -0.4 is 5.32 Å². The maximum Gasteiger partial charge on any atom is 0.229 e. The predicted octanol–water partition coefficient (Wildman–Crippen LogP) is 9.09. The van der Waals surface area contributed by atoms with Gasteiger partial charge in [0.05, 0.1) is 16.1 Å². The van der Waals surface area contributed by atoms with E-state index in [1.165, 1.54) is 0 Å². The van der Waals surface area contributed by atoms with Crippen molar-refractivity contribution in [1.29, 1.82) is 0 Å². The molecule has 8 heteroatoms. The van der Waals surface area contributed by atoms with Crippen LogP contribution in [0, 0.1) is 5.41 Å². The van der Waals surface area contributed by atoms with Gasteiger partial charge in [0.25, 0.3) is 0 Å². The lowest BCUT2D eigenvalue weighted by Gasteiger charge is -2.15. The molecule has 186 valence electrons. The number of halogens is 3. The molecule has 0 spiro atoms. The average molecular weight is 544 g/mol. The van der Waals surface area contributed by atoms with E-state index in [0.717, 1.165) is 11.1 Å². The molecule has 0 aliphatic heterocycles. The molecule has 1 N–H and O–H groups in total. The summed E-state index contributed by atoms with van der Waals surface area (Å²) in [6, 6.07) is 14.3. The lowest BCUT2D eigenvalue weighted by atomic mass is 9.88. The normalized spacial score (nSPS) is 11.6. The van der Waals surface area contributed by atoms with Gasteiger partial charge >= 0.3 is 0 Å². The molecule has 36 heavy (non-hydrogen) atoms. The fourth-order valence-corrected chi connectivity index (χ4v) is 4.44. The number of pyridine rings is 1. The van der Waals surface area contributed by atoms with Crippen molar-refractivity contribution < 1.29 is 14.0 Å². The summed E-state index contributed by atoms with van der Waals surface area (Å²) in [6.07, 6.45) is 0.976. The zero-order valence-electron chi connectivity index (χ0n) is 20.3. The van der Waals surface area contributed by atoms with Gasteiger partial charge in [0.1, 0.15) is 5.69 Å². The standard InChI is InChI=1S/C28H25Cl3N2O3/c1-5-6-22(34)32-24-20-14-19(15-7-9-16(29)10-8-15)23(18-12-11-17(30)13-21(18)31)33-27(20)36-25(24)26(35)28(2,3)4/h7-14H,5-6H2,1-4H3,(H,32,34). The molecule has 0 unspecified atom stereocenters. The number of aromatic nitrogens is 1. The number of rotatable bonds is 6. The van der Waals surface area contributed by atoms with Gasteiger partial charge in [-0.2, -0.15) is 0 Å². The van der Waals surface area contributed by atoms with E-state index in [2.05, 4.69) is 5.32 Å². The number of nitrogens with zero attached hydrogens (tertiary/aromatic N) is 1. The van der Waals surface area contributed by atoms with Crippen LogP contribution in [0.5, 0.6) is 0 Å². The van der Waals surface area contributed by atoms with E-state index < -0.39 is 5.41 Å². The summed E-state index contributed by atoms with van der Waals surface area (Å²) < 4.78 is 6.04. The van der Waals surface area contributed by atoms with Gasteiger partial charge in [0, 0.05) is 33.0 Å². The van der Waals surface area contributed by atoms with Crippen LogP contribution in [0.1, 0.15) is 51.1 Å². The smallest absolute Gasteiger partial charge is 0.229 e. The zero-order chi connectivity index (χ0) is 26.2. The monoisotopic (exact) mass is 542 g/mol. The Hall–Kier alpha value is -2.86. The molecular formula is C28H25Cl3N2O3. The second kappa shape index (κ2) is 10.3. The second-order valence-corrected chi connectivity index (χ2v) is 10.8. The molecule has 0 radical (unpaired) electrons. The summed E-state index contributed by atoms with van der Waals surface area (Å²) in [5, 5.41) is 4.92. The van der Waals surface area contributed by atoms with Gasteiger partial charge in [-0.15, -0.1) is 0 Å². The Balaban J connectivity index is 2.05. The van der Waals surface area contributed by atoms with Crippen molar-refractivity contribution in [1.82, 2.24) is 4.98 Å². The molecule has 1 amide bonds. The van der Waals surface area contributed by atoms with Crippen molar-refractivity contribution >= 4 is 63.3 Å². The Morgan fingerprint density at radius 3 is 2.22 bits per heavy atom. The Morgan fingerprint density at radius 2 is 1.61 bits per heavy atom. The van der Waals surface area contributed by atoms with Crippen LogP contribution in [0.2, 0.25) is 15.1 Å². The van der Waals surface area contributed by atoms with Crippen LogP contribution in [-0.2, 0) is 4.79 Å². The van der Waals surface area contributed by atoms with Crippen molar-refractivity contribution in [3.8, 4) is 22.4 Å². The van der Waals surface area contributed by atoms with Crippen molar-refractivity contribution in [2.45, 2.75) is 40.5 Å². The molecule has 4 rings (SSSR count). The van der Waals surface area contributed by atoms with Gasteiger partial charge in [-0.3, -0.25) is 9.59 Å². The Kier molecular flexibility index (Phi) is 7.46. The van der Waals surface area contributed by atoms with Crippen LogP contribution in [0.3, 0.4) is 0 Å². The lowest BCUT2D eigenvalue weighted by Crippen LogP contribution is -2.22. The number of hydrogen-bond acceptors (Lipinski definition) is 4. The summed E-state index contributed by atoms with van der Waals surface area (Å²) in [7, 11) is 0. The highest BCUT2D eigenvalue weighted by atomic mass is 35.5. The van der Waals surface area contributed by atoms with Crippen LogP contribution in [0.15, 0.2) is 52.9 Å². The topological polar surface area (TPSA) is 72.2 Å². The fourth-order valence-electron chi connectivity index (χ4n) is 3.81. The fraction of sp³-hybridized carbons (Fsp3) is 0.250. The van der Waals surface area contributed by atoms with E-state index in [-0.39, 0.29) is 23.2 Å². The maximum absolute atomic E-state index is 13.3. The molecule has 0 fully saturated rings. The number of benzene rings is 2. The number of anilines is 1. The molecule has 5 nitrogen and oxygen atoms in total. The average Bonchev–Trinajstić information content (AvgIpc) is 3.15. The van der Waals surface area contributed by atoms with Gasteiger partial charge in [0.15, 0.2) is 5.76 Å². The Bertz CT molecular complexity index is 1470. The number of furan rings is 1. The zero-order valence-corrected chi connectivity index (χ0v) is 22.6. The maximum atomic E-state index is 13.3. The van der Waals surface area contributed by atoms with E-state index in [0.29, 0.717) is 50.2 Å². The van der Waals surface area contributed by atoms with E-state index in [1.807, 2.05) is 25.1 Å². The number of nitrogens with one attached hydrogen (secondary N) is 1. The first-order chi connectivity index (χ1) is 17.0. The van der Waals surface area contributed by atoms with Gasteiger partial charge in [0.2, 0.25) is 17.4 Å². The van der Waals surface area contributed by atoms with E-state index in [9.17, 15) is 9.59 Å². The summed E-state index contributed by atoms with van der Waals surface area (Å²) in [5.41, 5.74) is 2.54. The first-order valence-corrected chi connectivity index (χ1v) is 12.7. The third kappa shape index (κ3) is 5.29. The third-order valence-electron chi connectivity index (χ3n) is 5.65. The molecule has 0 aliphatic rings. The lowest BCUT2D eigenvalue weighted by molar-refractivity contribution is -0.116. The van der Waals surface area contributed by atoms with Crippen LogP contribution in [0.4, 0.5) is 5.69 Å². The van der Waals surface area contributed by atoms with E-state index in [1.54, 1.807) is 51.1 Å². The van der Waals surface area contributed by atoms with Gasteiger partial charge < -0.3 is 9.73 Å². The van der Waals surface area contributed by atoms with Crippen molar-refractivity contribution in [2.24, 2.45) is 5.41 Å². The number of fused-ring (bicyclic) bond motifs is 1. The largest absolute Gasteiger partial charge is 0.432 e. The molecule has 0 atom stereocenters. The highest BCUT2D eigenvalue weighted by molar-refractivity contribution is 6.36. The number of carbonyl (C=O) groups is 2. The highest BCUT2D eigenvalue weighted by Gasteiger charge is 2.32. The first-order valence-electron chi connectivity index (χ1n) is 11.5. The minimum absolute atomic E-state index is 0.0656. The molecule has 2 heterocycles. The third-order valence-corrected chi connectivity index (χ3v) is 6.45. The first kappa shape index (κ1) is 26.2. The van der Waals surface area contributed by atoms with Gasteiger partial charge in [-0.25, -0.2) is 4.98 Å². The van der Waals surface area contributed by atoms with Crippen LogP contribution >= 0.6 is 34.8 Å². The molecule has 0 bridgehead atoms. The molecule has 2 aromatic heterocycles. The SMILES string of the molecule is CCCC(=O)Nc1c(C(=O)C(C)(C)C)oc2nc(-c3ccc(Cl)cc3Cl)c(-c3ccc(Cl)cc3)cc12. The number of hydrogen-bond donors (Lipinski definition) is 1. The highest BCUT2D eigenvalue weighted by Crippen LogP contribution is 2.42. The number of ketones is 1. The van der Waals surface area contributed by atoms with Crippen molar-refractivity contribution in [3.05, 3.63) is 69.4 Å². The molecule has 2 aromatic carbocycles. The predicted molar refractivity (Wildman–Crippen MR) is 147 cm³/mol.